The summed E-state index contributed by atoms with van der Waals surface area (Å²) >= 11 is 0. The monoisotopic (exact) mass is 710 g/mol. The van der Waals surface area contributed by atoms with Gasteiger partial charge in [-0.2, -0.15) is 0 Å². The van der Waals surface area contributed by atoms with Crippen LogP contribution in [0.25, 0.3) is 10.9 Å². The van der Waals surface area contributed by atoms with Crippen LogP contribution < -0.4 is 20.9 Å². The lowest BCUT2D eigenvalue weighted by Gasteiger charge is -2.43. The molecule has 4 aromatic rings. The molecule has 5 N–H and O–H groups in total. The molecule has 10 heteroatoms. The number of phenolic OH excluding ortho intramolecular Hbond substituents is 1. The summed E-state index contributed by atoms with van der Waals surface area (Å²) in [6.07, 6.45) is 8.78. The zero-order valence-corrected chi connectivity index (χ0v) is 30.3. The highest BCUT2D eigenvalue weighted by Gasteiger charge is 2.37. The third-order valence-corrected chi connectivity index (χ3v) is 10.7. The van der Waals surface area contributed by atoms with Crippen molar-refractivity contribution in [3.8, 4) is 11.5 Å². The van der Waals surface area contributed by atoms with E-state index in [2.05, 4.69) is 45.6 Å². The minimum atomic E-state index is -0.743. The number of alkyl carbamates (subject to hydrolysis) is 1. The molecule has 0 spiro atoms. The van der Waals surface area contributed by atoms with Gasteiger partial charge in [0.05, 0.1) is 24.3 Å². The Morgan fingerprint density at radius 3 is 2.42 bits per heavy atom. The van der Waals surface area contributed by atoms with Crippen molar-refractivity contribution >= 4 is 17.0 Å². The fourth-order valence-corrected chi connectivity index (χ4v) is 7.61. The minimum Gasteiger partial charge on any atom is -0.506 e. The fourth-order valence-electron chi connectivity index (χ4n) is 7.61. The highest BCUT2D eigenvalue weighted by molar-refractivity contribution is 5.87. The van der Waals surface area contributed by atoms with E-state index in [1.165, 1.54) is 18.6 Å². The second-order valence-corrected chi connectivity index (χ2v) is 14.4. The molecule has 0 saturated carbocycles. The largest absolute Gasteiger partial charge is 0.506 e. The number of unbranched alkanes of at least 4 members (excludes halogenated alkanes) is 6. The van der Waals surface area contributed by atoms with Gasteiger partial charge in [-0.3, -0.25) is 9.69 Å². The van der Waals surface area contributed by atoms with Crippen LogP contribution in [0, 0.1) is 12.8 Å². The van der Waals surface area contributed by atoms with E-state index >= 15 is 0 Å². The molecular formula is C42H54N4O6. The first-order valence-electron chi connectivity index (χ1n) is 19.1. The van der Waals surface area contributed by atoms with Gasteiger partial charge in [-0.1, -0.05) is 80.6 Å². The number of nitrogens with one attached hydrogen (secondary N) is 3. The molecule has 1 amide bonds. The van der Waals surface area contributed by atoms with Crippen molar-refractivity contribution in [2.24, 2.45) is 5.92 Å². The molecule has 4 heterocycles. The summed E-state index contributed by atoms with van der Waals surface area (Å²) in [5, 5.41) is 27.9. The van der Waals surface area contributed by atoms with E-state index < -0.39 is 6.10 Å². The summed E-state index contributed by atoms with van der Waals surface area (Å²) in [5.74, 6) is 1.29. The van der Waals surface area contributed by atoms with Gasteiger partial charge in [0.25, 0.3) is 0 Å². The maximum absolute atomic E-state index is 13.2. The van der Waals surface area contributed by atoms with Crippen molar-refractivity contribution in [3.63, 3.8) is 0 Å². The van der Waals surface area contributed by atoms with E-state index in [0.717, 1.165) is 100.0 Å². The summed E-state index contributed by atoms with van der Waals surface area (Å²) in [5.41, 5.74) is 3.76. The number of fused-ring (bicyclic) bond motifs is 4. The van der Waals surface area contributed by atoms with Crippen LogP contribution in [0.2, 0.25) is 0 Å². The number of aromatic hydroxyl groups is 1. The Labute approximate surface area is 306 Å². The number of piperidine rings is 3. The van der Waals surface area contributed by atoms with Gasteiger partial charge < -0.3 is 35.3 Å². The van der Waals surface area contributed by atoms with Crippen LogP contribution in [0.4, 0.5) is 4.79 Å². The Bertz CT molecular complexity index is 1810. The summed E-state index contributed by atoms with van der Waals surface area (Å²) in [4.78, 5) is 29.9. The molecule has 278 valence electrons. The number of carbonyl (C=O) groups excluding carboxylic acids is 1. The Kier molecular flexibility index (Phi) is 13.2. The average molecular weight is 711 g/mol. The number of nitrogens with zero attached hydrogens (tertiary/aromatic N) is 1. The number of carbonyl (C=O) groups is 1. The highest BCUT2D eigenvalue weighted by Crippen LogP contribution is 2.32. The van der Waals surface area contributed by atoms with Crippen LogP contribution in [0.15, 0.2) is 77.6 Å². The van der Waals surface area contributed by atoms with E-state index in [9.17, 15) is 19.8 Å². The van der Waals surface area contributed by atoms with E-state index in [1.54, 1.807) is 12.1 Å². The number of pyridine rings is 1. The van der Waals surface area contributed by atoms with Gasteiger partial charge in [0, 0.05) is 24.5 Å². The van der Waals surface area contributed by atoms with Crippen LogP contribution in [0.5, 0.6) is 11.5 Å². The maximum Gasteiger partial charge on any atom is 0.408 e. The van der Waals surface area contributed by atoms with Crippen molar-refractivity contribution in [2.75, 3.05) is 39.3 Å². The summed E-state index contributed by atoms with van der Waals surface area (Å²) in [6.45, 7) is 6.96. The first kappa shape index (κ1) is 37.4. The number of H-pyrrole nitrogens is 1. The molecule has 10 nitrogen and oxygen atoms in total. The molecule has 7 rings (SSSR count). The van der Waals surface area contributed by atoms with Gasteiger partial charge >= 0.3 is 6.09 Å². The predicted octanol–water partition coefficient (Wildman–Crippen LogP) is 6.88. The highest BCUT2D eigenvalue weighted by atomic mass is 16.6. The Morgan fingerprint density at radius 2 is 1.67 bits per heavy atom. The average Bonchev–Trinajstić information content (AvgIpc) is 3.16. The second-order valence-electron chi connectivity index (χ2n) is 14.4. The number of aromatic amines is 1. The Balaban J connectivity index is 0.879. The Hall–Kier alpha value is -4.38. The van der Waals surface area contributed by atoms with Crippen LogP contribution in [-0.2, 0) is 4.74 Å². The standard InChI is InChI=1S/C42H54N4O6/c1-29-14-15-32(40(31-12-8-7-9-13-31)45-42(50)52-38-28-46-23-20-30(38)21-24-46)26-37(29)51-25-11-6-4-2-3-5-10-22-43-27-36(48)33-16-18-35(47)41-34(33)17-19-39(49)44-41/h7-9,12-19,26,30,36,38,40,43,47-48H,2-6,10-11,20-25,27-28H2,1H3,(H,44,49)(H,45,50). The number of benzene rings is 3. The maximum atomic E-state index is 13.2. The number of rotatable bonds is 18. The quantitative estimate of drug-likeness (QED) is 0.0706. The summed E-state index contributed by atoms with van der Waals surface area (Å²) in [6, 6.07) is 22.1. The van der Waals surface area contributed by atoms with Crippen molar-refractivity contribution < 1.29 is 24.5 Å². The molecule has 0 aliphatic carbocycles. The number of amides is 1. The molecule has 2 bridgehead atoms. The third-order valence-electron chi connectivity index (χ3n) is 10.7. The van der Waals surface area contributed by atoms with Crippen molar-refractivity contribution in [2.45, 2.75) is 83.0 Å². The number of hydrogen-bond donors (Lipinski definition) is 5. The molecule has 3 aromatic carbocycles. The topological polar surface area (TPSA) is 136 Å². The molecule has 1 aromatic heterocycles. The van der Waals surface area contributed by atoms with Crippen LogP contribution in [-0.4, -0.2) is 71.6 Å². The number of ether oxygens (including phenoxy) is 2. The number of aryl methyl sites for hydroxylation is 1. The fraction of sp³-hybridized carbons (Fsp3) is 0.476. The van der Waals surface area contributed by atoms with Crippen LogP contribution in [0.1, 0.15) is 92.2 Å². The minimum absolute atomic E-state index is 0.00880. The van der Waals surface area contributed by atoms with Gasteiger partial charge in [-0.05, 0) is 98.6 Å². The van der Waals surface area contributed by atoms with Crippen LogP contribution >= 0.6 is 0 Å². The first-order valence-corrected chi connectivity index (χ1v) is 19.1. The normalized spacial score (nSPS) is 19.3. The zero-order chi connectivity index (χ0) is 36.3. The summed E-state index contributed by atoms with van der Waals surface area (Å²) in [7, 11) is 0. The lowest BCUT2D eigenvalue weighted by Crippen LogP contribution is -2.52. The molecule has 3 aliphatic rings. The second kappa shape index (κ2) is 18.4. The molecular weight excluding hydrogens is 656 g/mol. The number of aliphatic hydroxyl groups is 1. The van der Waals surface area contributed by atoms with Crippen molar-refractivity contribution in [3.05, 3.63) is 105 Å². The lowest BCUT2D eigenvalue weighted by atomic mass is 9.86. The number of phenols is 1. The zero-order valence-electron chi connectivity index (χ0n) is 30.3. The van der Waals surface area contributed by atoms with E-state index in [1.807, 2.05) is 30.3 Å². The van der Waals surface area contributed by atoms with E-state index in [4.69, 9.17) is 9.47 Å². The van der Waals surface area contributed by atoms with Crippen molar-refractivity contribution in [1.82, 2.24) is 20.5 Å². The molecule has 0 radical (unpaired) electrons. The summed E-state index contributed by atoms with van der Waals surface area (Å²) < 4.78 is 12.3. The van der Waals surface area contributed by atoms with E-state index in [-0.39, 0.29) is 29.5 Å². The van der Waals surface area contributed by atoms with Crippen molar-refractivity contribution in [1.29, 1.82) is 0 Å². The van der Waals surface area contributed by atoms with Gasteiger partial charge in [-0.15, -0.1) is 0 Å². The first-order chi connectivity index (χ1) is 25.4. The SMILES string of the molecule is Cc1ccc(C(NC(=O)OC2CN3CCC2CC3)c2ccccc2)cc1OCCCCCCCCCNCC(O)c1ccc(O)c2[nH]c(=O)ccc12. The van der Waals surface area contributed by atoms with Gasteiger partial charge in [0.1, 0.15) is 17.6 Å². The number of aromatic nitrogens is 1. The lowest BCUT2D eigenvalue weighted by molar-refractivity contribution is -0.0336. The Morgan fingerprint density at radius 1 is 0.923 bits per heavy atom. The predicted molar refractivity (Wildman–Crippen MR) is 204 cm³/mol. The number of aliphatic hydroxyl groups excluding tert-OH is 1. The van der Waals surface area contributed by atoms with Gasteiger partial charge in [0.15, 0.2) is 0 Å². The van der Waals surface area contributed by atoms with Crippen LogP contribution in [0.3, 0.4) is 0 Å². The van der Waals surface area contributed by atoms with Gasteiger partial charge in [0.2, 0.25) is 5.56 Å². The number of hydrogen-bond acceptors (Lipinski definition) is 8. The van der Waals surface area contributed by atoms with E-state index in [0.29, 0.717) is 35.5 Å². The molecule has 3 aliphatic heterocycles. The third kappa shape index (κ3) is 9.93. The smallest absolute Gasteiger partial charge is 0.408 e. The van der Waals surface area contributed by atoms with Gasteiger partial charge in [-0.25, -0.2) is 4.79 Å². The molecule has 3 atom stereocenters. The molecule has 3 saturated heterocycles. The molecule has 3 fully saturated rings. The molecule has 3 unspecified atom stereocenters. The molecule has 52 heavy (non-hydrogen) atoms.